The summed E-state index contributed by atoms with van der Waals surface area (Å²) >= 11 is 0. The van der Waals surface area contributed by atoms with Crippen LogP contribution in [0.2, 0.25) is 0 Å². The maximum atomic E-state index is 12.6. The number of piperidine rings is 1. The number of hydrogen-bond acceptors (Lipinski definition) is 6. The van der Waals surface area contributed by atoms with Crippen LogP contribution in [0.4, 0.5) is 0 Å². The van der Waals surface area contributed by atoms with Gasteiger partial charge in [0.25, 0.3) is 0 Å². The number of Topliss-reactive ketones (excluding diaryl/α,β-unsaturated/α-hetero) is 1. The van der Waals surface area contributed by atoms with Crippen LogP contribution in [-0.2, 0) is 16.6 Å². The van der Waals surface area contributed by atoms with Crippen molar-refractivity contribution in [3.8, 4) is 11.5 Å². The number of phenols is 1. The van der Waals surface area contributed by atoms with E-state index >= 15 is 0 Å². The van der Waals surface area contributed by atoms with Gasteiger partial charge in [0.2, 0.25) is 0 Å². The first-order valence-corrected chi connectivity index (χ1v) is 8.06. The summed E-state index contributed by atoms with van der Waals surface area (Å²) in [6, 6.07) is 3.16. The molecule has 1 aromatic rings. The smallest absolute Gasteiger partial charge is 0.177 e. The number of phenolic OH excluding ortho intramolecular Hbond substituents is 1. The van der Waals surface area contributed by atoms with Crippen molar-refractivity contribution >= 4 is 5.78 Å². The largest absolute Gasteiger partial charge is 0.504 e. The van der Waals surface area contributed by atoms with Gasteiger partial charge in [0, 0.05) is 18.0 Å². The Balaban J connectivity index is 1.89. The molecule has 2 heterocycles. The lowest BCUT2D eigenvalue weighted by Crippen LogP contribution is -2.80. The monoisotopic (exact) mass is 317 g/mol. The lowest BCUT2D eigenvalue weighted by atomic mass is 9.48. The Morgan fingerprint density at radius 2 is 2.13 bits per heavy atom. The van der Waals surface area contributed by atoms with Crippen LogP contribution in [0, 0.1) is 0 Å². The molecule has 3 N–H and O–H groups in total. The van der Waals surface area contributed by atoms with E-state index < -0.39 is 23.2 Å². The number of ketones is 1. The van der Waals surface area contributed by atoms with E-state index in [4.69, 9.17) is 4.74 Å². The van der Waals surface area contributed by atoms with Crippen LogP contribution in [0.5, 0.6) is 11.5 Å². The van der Waals surface area contributed by atoms with Crippen molar-refractivity contribution in [2.45, 2.75) is 48.5 Å². The number of carbonyl (C=O) groups excluding carboxylic acids is 1. The molecule has 2 bridgehead atoms. The number of aromatic hydroxyl groups is 1. The topological polar surface area (TPSA) is 90.2 Å². The van der Waals surface area contributed by atoms with Crippen molar-refractivity contribution in [1.82, 2.24) is 4.90 Å². The molecule has 2 unspecified atom stereocenters. The maximum Gasteiger partial charge on any atom is 0.177 e. The third kappa shape index (κ3) is 1.24. The fraction of sp³-hybridized carbons (Fsp3) is 0.588. The number of aliphatic hydroxyl groups is 2. The minimum absolute atomic E-state index is 0.00505. The fourth-order valence-electron chi connectivity index (χ4n) is 5.58. The van der Waals surface area contributed by atoms with Gasteiger partial charge in [-0.25, -0.2) is 0 Å². The highest BCUT2D eigenvalue weighted by molar-refractivity contribution is 5.90. The van der Waals surface area contributed by atoms with Crippen molar-refractivity contribution in [2.24, 2.45) is 0 Å². The summed E-state index contributed by atoms with van der Waals surface area (Å²) in [5.41, 5.74) is -0.671. The summed E-state index contributed by atoms with van der Waals surface area (Å²) in [5.74, 6) is 0.111. The predicted molar refractivity (Wildman–Crippen MR) is 79.5 cm³/mol. The molecule has 1 aromatic carbocycles. The number of likely N-dealkylation sites (N-methyl/N-ethyl adjacent to an activating group) is 1. The average molecular weight is 317 g/mol. The van der Waals surface area contributed by atoms with Crippen molar-refractivity contribution in [2.75, 3.05) is 13.6 Å². The molecule has 0 aromatic heterocycles. The first kappa shape index (κ1) is 13.8. The van der Waals surface area contributed by atoms with Gasteiger partial charge in [-0.2, -0.15) is 0 Å². The minimum Gasteiger partial charge on any atom is -0.504 e. The molecule has 2 aliphatic carbocycles. The maximum absolute atomic E-state index is 12.6. The molecule has 4 aliphatic rings. The summed E-state index contributed by atoms with van der Waals surface area (Å²) in [5, 5.41) is 32.5. The number of nitrogens with zero attached hydrogens (tertiary/aromatic N) is 1. The Morgan fingerprint density at radius 1 is 1.35 bits per heavy atom. The van der Waals surface area contributed by atoms with Gasteiger partial charge < -0.3 is 25.0 Å². The summed E-state index contributed by atoms with van der Waals surface area (Å²) in [4.78, 5) is 14.6. The van der Waals surface area contributed by atoms with E-state index in [1.807, 2.05) is 13.1 Å². The molecule has 1 spiro atoms. The van der Waals surface area contributed by atoms with E-state index in [0.29, 0.717) is 25.1 Å². The number of aliphatic hydroxyl groups excluding tert-OH is 1. The Morgan fingerprint density at radius 3 is 2.91 bits per heavy atom. The van der Waals surface area contributed by atoms with Crippen LogP contribution >= 0.6 is 0 Å². The highest BCUT2D eigenvalue weighted by Gasteiger charge is 2.75. The van der Waals surface area contributed by atoms with Gasteiger partial charge in [0.15, 0.2) is 23.4 Å². The van der Waals surface area contributed by atoms with Crippen LogP contribution < -0.4 is 4.74 Å². The third-order valence-electron chi connectivity index (χ3n) is 6.57. The number of rotatable bonds is 0. The Bertz CT molecular complexity index is 749. The van der Waals surface area contributed by atoms with Crippen LogP contribution in [0.15, 0.2) is 12.1 Å². The Labute approximate surface area is 133 Å². The molecule has 6 heteroatoms. The Kier molecular flexibility index (Phi) is 2.33. The summed E-state index contributed by atoms with van der Waals surface area (Å²) in [6.45, 7) is 0.710. The second kappa shape index (κ2) is 3.88. The van der Waals surface area contributed by atoms with E-state index in [1.165, 1.54) is 0 Å². The molecular formula is C17H19NO5. The van der Waals surface area contributed by atoms with E-state index in [0.717, 1.165) is 11.1 Å². The first-order chi connectivity index (χ1) is 10.9. The van der Waals surface area contributed by atoms with E-state index in [1.54, 1.807) is 6.07 Å². The molecule has 2 aliphatic heterocycles. The zero-order valence-electron chi connectivity index (χ0n) is 12.8. The second-order valence-electron chi connectivity index (χ2n) is 7.38. The van der Waals surface area contributed by atoms with Gasteiger partial charge >= 0.3 is 0 Å². The van der Waals surface area contributed by atoms with Crippen molar-refractivity contribution in [1.29, 1.82) is 0 Å². The zero-order chi connectivity index (χ0) is 16.1. The average Bonchev–Trinajstić information content (AvgIpc) is 2.86. The van der Waals surface area contributed by atoms with Gasteiger partial charge in [0.05, 0.1) is 11.5 Å². The first-order valence-electron chi connectivity index (χ1n) is 8.06. The lowest BCUT2D eigenvalue weighted by molar-refractivity contribution is -0.226. The molecule has 5 atom stereocenters. The minimum atomic E-state index is -1.44. The number of benzene rings is 1. The molecule has 122 valence electrons. The van der Waals surface area contributed by atoms with Crippen molar-refractivity contribution in [3.63, 3.8) is 0 Å². The third-order valence-corrected chi connectivity index (χ3v) is 6.57. The molecule has 23 heavy (non-hydrogen) atoms. The highest BCUT2D eigenvalue weighted by Crippen LogP contribution is 2.64. The van der Waals surface area contributed by atoms with E-state index in [2.05, 4.69) is 4.90 Å². The summed E-state index contributed by atoms with van der Waals surface area (Å²) < 4.78 is 5.88. The van der Waals surface area contributed by atoms with Crippen LogP contribution in [0.25, 0.3) is 0 Å². The van der Waals surface area contributed by atoms with Gasteiger partial charge in [-0.3, -0.25) is 4.79 Å². The van der Waals surface area contributed by atoms with E-state index in [-0.39, 0.29) is 24.0 Å². The van der Waals surface area contributed by atoms with Crippen LogP contribution in [0.1, 0.15) is 24.0 Å². The predicted octanol–water partition coefficient (Wildman–Crippen LogP) is -0.284. The normalized spacial score (nSPS) is 44.0. The van der Waals surface area contributed by atoms with Crippen LogP contribution in [-0.4, -0.2) is 63.4 Å². The van der Waals surface area contributed by atoms with Gasteiger partial charge in [-0.15, -0.1) is 0 Å². The van der Waals surface area contributed by atoms with Gasteiger partial charge in [-0.05, 0) is 38.1 Å². The van der Waals surface area contributed by atoms with Gasteiger partial charge in [0.1, 0.15) is 5.60 Å². The number of likely N-dealkylation sites (tertiary alicyclic amines) is 1. The lowest BCUT2D eigenvalue weighted by Gasteiger charge is -2.63. The molecule has 5 rings (SSSR count). The Hall–Kier alpha value is -1.63. The quantitative estimate of drug-likeness (QED) is 0.609. The molecule has 2 fully saturated rings. The van der Waals surface area contributed by atoms with Gasteiger partial charge in [-0.1, -0.05) is 6.07 Å². The zero-order valence-corrected chi connectivity index (χ0v) is 12.8. The highest BCUT2D eigenvalue weighted by atomic mass is 16.5. The van der Waals surface area contributed by atoms with Crippen LogP contribution in [0.3, 0.4) is 0 Å². The summed E-state index contributed by atoms with van der Waals surface area (Å²) in [7, 11) is 1.94. The standard InChI is InChI=1S/C17H19NO5/c1-18-5-4-16-13-8-2-3-9(19)14(13)23-15(16)10(20)7-12(21)17(16,22)11(18)6-8/h2-3,11-12,15,19,21-22H,4-7H2,1H3/t11?,12-,15+,16+,17?/m1/s1. The molecule has 1 saturated carbocycles. The molecule has 6 nitrogen and oxygen atoms in total. The van der Waals surface area contributed by atoms with Crippen molar-refractivity contribution in [3.05, 3.63) is 23.3 Å². The number of ether oxygens (including phenoxy) is 1. The second-order valence-corrected chi connectivity index (χ2v) is 7.38. The molecule has 1 saturated heterocycles. The fourth-order valence-corrected chi connectivity index (χ4v) is 5.58. The number of hydrogen-bond donors (Lipinski definition) is 3. The molecule has 0 amide bonds. The SMILES string of the molecule is CN1CC[C@]23c4c5ccc(O)c4O[C@H]2C(=O)C[C@@H](O)C3(O)C1C5. The van der Waals surface area contributed by atoms with E-state index in [9.17, 15) is 20.1 Å². The molecule has 0 radical (unpaired) electrons. The van der Waals surface area contributed by atoms with Crippen molar-refractivity contribution < 1.29 is 24.9 Å². The summed E-state index contributed by atoms with van der Waals surface area (Å²) in [6.07, 6.45) is -0.970. The number of carbonyl (C=O) groups is 1. The molecular weight excluding hydrogens is 298 g/mol.